The first-order valence-corrected chi connectivity index (χ1v) is 7.06. The van der Waals surface area contributed by atoms with Gasteiger partial charge in [0.25, 0.3) is 5.91 Å². The topological polar surface area (TPSA) is 88.5 Å². The van der Waals surface area contributed by atoms with Crippen LogP contribution in [0.25, 0.3) is 0 Å². The Morgan fingerprint density at radius 1 is 1.38 bits per heavy atom. The number of carboxylic acid groups (broad SMARTS) is 1. The molecule has 0 aliphatic rings. The van der Waals surface area contributed by atoms with Crippen LogP contribution in [0.15, 0.2) is 18.3 Å². The maximum absolute atomic E-state index is 11.9. The second-order valence-electron chi connectivity index (χ2n) is 4.84. The van der Waals surface area contributed by atoms with Crippen LogP contribution in [0, 0.1) is 5.92 Å². The zero-order chi connectivity index (χ0) is 15.7. The Morgan fingerprint density at radius 3 is 2.67 bits per heavy atom. The number of carbonyl (C=O) groups excluding carboxylic acids is 1. The van der Waals surface area contributed by atoms with Crippen molar-refractivity contribution < 1.29 is 19.4 Å². The number of aromatic nitrogens is 1. The Labute approximate surface area is 124 Å². The van der Waals surface area contributed by atoms with Crippen molar-refractivity contribution in [1.82, 2.24) is 10.3 Å². The molecule has 21 heavy (non-hydrogen) atoms. The molecule has 1 aromatic rings. The number of hydrogen-bond donors (Lipinski definition) is 2. The van der Waals surface area contributed by atoms with Gasteiger partial charge in [0.2, 0.25) is 5.88 Å². The molecule has 0 spiro atoms. The summed E-state index contributed by atoms with van der Waals surface area (Å²) in [5.41, 5.74) is 0.481. The molecule has 0 bridgehead atoms. The number of amides is 1. The fourth-order valence-electron chi connectivity index (χ4n) is 2.01. The summed E-state index contributed by atoms with van der Waals surface area (Å²) in [7, 11) is 1.52. The molecular weight excluding hydrogens is 272 g/mol. The van der Waals surface area contributed by atoms with E-state index >= 15 is 0 Å². The van der Waals surface area contributed by atoms with E-state index in [4.69, 9.17) is 9.84 Å². The van der Waals surface area contributed by atoms with E-state index in [-0.39, 0.29) is 12.3 Å². The number of carboxylic acids is 1. The van der Waals surface area contributed by atoms with Gasteiger partial charge >= 0.3 is 5.97 Å². The standard InChI is InChI=1S/C15H22N2O4/c1-3-11(4-7-14(18)19)8-9-16-15(20)12-5-6-13(21-2)17-10-12/h5-6,10-11H,3-4,7-9H2,1-2H3,(H,16,20)(H,18,19). The lowest BCUT2D eigenvalue weighted by Crippen LogP contribution is -2.26. The van der Waals surface area contributed by atoms with Crippen molar-refractivity contribution in [2.45, 2.75) is 32.6 Å². The SMILES string of the molecule is CCC(CCNC(=O)c1ccc(OC)nc1)CCC(=O)O. The fraction of sp³-hybridized carbons (Fsp3) is 0.533. The van der Waals surface area contributed by atoms with Crippen LogP contribution in [0.1, 0.15) is 43.0 Å². The molecule has 2 N–H and O–H groups in total. The summed E-state index contributed by atoms with van der Waals surface area (Å²) in [6.07, 6.45) is 3.98. The molecule has 0 saturated heterocycles. The third-order valence-corrected chi connectivity index (χ3v) is 3.39. The van der Waals surface area contributed by atoms with Gasteiger partial charge in [-0.25, -0.2) is 4.98 Å². The van der Waals surface area contributed by atoms with Gasteiger partial charge in [-0.3, -0.25) is 9.59 Å². The molecule has 0 aliphatic carbocycles. The number of hydrogen-bond acceptors (Lipinski definition) is 4. The van der Waals surface area contributed by atoms with Gasteiger partial charge in [0.1, 0.15) is 0 Å². The number of rotatable bonds is 9. The van der Waals surface area contributed by atoms with Gasteiger partial charge in [-0.05, 0) is 24.8 Å². The monoisotopic (exact) mass is 294 g/mol. The molecule has 0 aliphatic heterocycles. The lowest BCUT2D eigenvalue weighted by atomic mass is 9.96. The maximum atomic E-state index is 11.9. The molecular formula is C15H22N2O4. The minimum absolute atomic E-state index is 0.175. The van der Waals surface area contributed by atoms with Gasteiger partial charge in [-0.2, -0.15) is 0 Å². The van der Waals surface area contributed by atoms with Crippen LogP contribution >= 0.6 is 0 Å². The average molecular weight is 294 g/mol. The van der Waals surface area contributed by atoms with Crippen molar-refractivity contribution in [1.29, 1.82) is 0 Å². The van der Waals surface area contributed by atoms with Crippen molar-refractivity contribution in [3.8, 4) is 5.88 Å². The van der Waals surface area contributed by atoms with Crippen molar-refractivity contribution in [2.75, 3.05) is 13.7 Å². The van der Waals surface area contributed by atoms with Crippen LogP contribution in [0.2, 0.25) is 0 Å². The third-order valence-electron chi connectivity index (χ3n) is 3.39. The molecule has 0 aromatic carbocycles. The molecule has 6 nitrogen and oxygen atoms in total. The first-order chi connectivity index (χ1) is 10.1. The molecule has 1 rings (SSSR count). The Hall–Kier alpha value is -2.11. The van der Waals surface area contributed by atoms with Crippen LogP contribution in [0.3, 0.4) is 0 Å². The van der Waals surface area contributed by atoms with E-state index < -0.39 is 5.97 Å². The molecule has 1 atom stereocenters. The molecule has 6 heteroatoms. The lowest BCUT2D eigenvalue weighted by Gasteiger charge is -2.14. The predicted octanol–water partition coefficient (Wildman–Crippen LogP) is 2.10. The smallest absolute Gasteiger partial charge is 0.303 e. The summed E-state index contributed by atoms with van der Waals surface area (Å²) in [5.74, 6) is -0.179. The first kappa shape index (κ1) is 16.9. The molecule has 116 valence electrons. The highest BCUT2D eigenvalue weighted by Gasteiger charge is 2.10. The molecule has 1 amide bonds. The molecule has 1 aromatic heterocycles. The number of aliphatic carboxylic acids is 1. The van der Waals surface area contributed by atoms with Crippen molar-refractivity contribution in [3.63, 3.8) is 0 Å². The fourth-order valence-corrected chi connectivity index (χ4v) is 2.01. The van der Waals surface area contributed by atoms with E-state index in [0.717, 1.165) is 12.8 Å². The summed E-state index contributed by atoms with van der Waals surface area (Å²) in [4.78, 5) is 26.4. The van der Waals surface area contributed by atoms with E-state index in [1.54, 1.807) is 12.1 Å². The Bertz CT molecular complexity index is 459. The highest BCUT2D eigenvalue weighted by Crippen LogP contribution is 2.14. The van der Waals surface area contributed by atoms with Crippen LogP contribution in [-0.2, 0) is 4.79 Å². The van der Waals surface area contributed by atoms with Crippen LogP contribution < -0.4 is 10.1 Å². The summed E-state index contributed by atoms with van der Waals surface area (Å²) in [6.45, 7) is 2.56. The molecule has 1 heterocycles. The number of pyridine rings is 1. The number of nitrogens with zero attached hydrogens (tertiary/aromatic N) is 1. The van der Waals surface area contributed by atoms with E-state index in [9.17, 15) is 9.59 Å². The zero-order valence-electron chi connectivity index (χ0n) is 12.5. The highest BCUT2D eigenvalue weighted by molar-refractivity contribution is 5.93. The minimum Gasteiger partial charge on any atom is -0.481 e. The van der Waals surface area contributed by atoms with Crippen molar-refractivity contribution in [3.05, 3.63) is 23.9 Å². The second-order valence-corrected chi connectivity index (χ2v) is 4.84. The summed E-state index contributed by atoms with van der Waals surface area (Å²) in [6, 6.07) is 3.29. The Kier molecular flexibility index (Phi) is 7.21. The van der Waals surface area contributed by atoms with E-state index in [0.29, 0.717) is 30.3 Å². The number of methoxy groups -OCH3 is 1. The third kappa shape index (κ3) is 6.25. The average Bonchev–Trinajstić information content (AvgIpc) is 2.50. The quantitative estimate of drug-likeness (QED) is 0.728. The molecule has 0 saturated carbocycles. The van der Waals surface area contributed by atoms with E-state index in [1.807, 2.05) is 6.92 Å². The van der Waals surface area contributed by atoms with Gasteiger partial charge in [-0.1, -0.05) is 13.3 Å². The second kappa shape index (κ2) is 8.94. The summed E-state index contributed by atoms with van der Waals surface area (Å²) >= 11 is 0. The van der Waals surface area contributed by atoms with Crippen LogP contribution in [0.5, 0.6) is 5.88 Å². The molecule has 1 unspecified atom stereocenters. The predicted molar refractivity (Wildman–Crippen MR) is 78.4 cm³/mol. The van der Waals surface area contributed by atoms with Gasteiger partial charge in [0, 0.05) is 25.2 Å². The number of nitrogens with one attached hydrogen (secondary N) is 1. The van der Waals surface area contributed by atoms with Gasteiger partial charge < -0.3 is 15.2 Å². The summed E-state index contributed by atoms with van der Waals surface area (Å²) in [5, 5.41) is 11.5. The largest absolute Gasteiger partial charge is 0.481 e. The molecule has 0 fully saturated rings. The van der Waals surface area contributed by atoms with Gasteiger partial charge in [-0.15, -0.1) is 0 Å². The van der Waals surface area contributed by atoms with Crippen molar-refractivity contribution >= 4 is 11.9 Å². The first-order valence-electron chi connectivity index (χ1n) is 7.06. The van der Waals surface area contributed by atoms with Crippen LogP contribution in [0.4, 0.5) is 0 Å². The van der Waals surface area contributed by atoms with Gasteiger partial charge in [0.05, 0.1) is 12.7 Å². The number of carbonyl (C=O) groups is 2. The number of ether oxygens (including phenoxy) is 1. The lowest BCUT2D eigenvalue weighted by molar-refractivity contribution is -0.137. The normalized spacial score (nSPS) is 11.7. The highest BCUT2D eigenvalue weighted by atomic mass is 16.5. The maximum Gasteiger partial charge on any atom is 0.303 e. The van der Waals surface area contributed by atoms with Gasteiger partial charge in [0.15, 0.2) is 0 Å². The van der Waals surface area contributed by atoms with E-state index in [1.165, 1.54) is 13.3 Å². The van der Waals surface area contributed by atoms with Crippen molar-refractivity contribution in [2.24, 2.45) is 5.92 Å². The van der Waals surface area contributed by atoms with Crippen LogP contribution in [-0.4, -0.2) is 35.6 Å². The molecule has 0 radical (unpaired) electrons. The minimum atomic E-state index is -0.776. The van der Waals surface area contributed by atoms with E-state index in [2.05, 4.69) is 10.3 Å². The Balaban J connectivity index is 2.35. The zero-order valence-corrected chi connectivity index (χ0v) is 12.5. The summed E-state index contributed by atoms with van der Waals surface area (Å²) < 4.78 is 4.93. The Morgan fingerprint density at radius 2 is 2.14 bits per heavy atom.